The van der Waals surface area contributed by atoms with Crippen LogP contribution in [0.1, 0.15) is 79.1 Å². The summed E-state index contributed by atoms with van der Waals surface area (Å²) in [6.45, 7) is 9.25. The van der Waals surface area contributed by atoms with Crippen molar-refractivity contribution in [1.29, 1.82) is 0 Å². The minimum atomic E-state index is 0.878. The lowest BCUT2D eigenvalue weighted by Crippen LogP contribution is -2.09. The average Bonchev–Trinajstić information content (AvgIpc) is 2.25. The molecule has 0 heteroatoms. The van der Waals surface area contributed by atoms with Crippen LogP contribution in [0.2, 0.25) is 0 Å². The first kappa shape index (κ1) is 15.0. The van der Waals surface area contributed by atoms with Gasteiger partial charge >= 0.3 is 0 Å². The van der Waals surface area contributed by atoms with Gasteiger partial charge in [0.05, 0.1) is 0 Å². The topological polar surface area (TPSA) is 0 Å². The fourth-order valence-corrected chi connectivity index (χ4v) is 2.37. The summed E-state index contributed by atoms with van der Waals surface area (Å²) in [5.74, 6) is 1.77. The lowest BCUT2D eigenvalue weighted by molar-refractivity contribution is 0.401. The summed E-state index contributed by atoms with van der Waals surface area (Å²) in [5.41, 5.74) is 0. The van der Waals surface area contributed by atoms with Crippen LogP contribution in [-0.4, -0.2) is 0 Å². The zero-order valence-corrected chi connectivity index (χ0v) is 11.4. The molecule has 0 rings (SSSR count). The van der Waals surface area contributed by atoms with Gasteiger partial charge in [-0.05, 0) is 18.3 Å². The molecule has 1 radical (unpaired) electrons. The maximum Gasteiger partial charge on any atom is -0.0324 e. The lowest BCUT2D eigenvalue weighted by Gasteiger charge is -2.21. The highest BCUT2D eigenvalue weighted by atomic mass is 14.2. The van der Waals surface area contributed by atoms with E-state index in [2.05, 4.69) is 34.1 Å². The van der Waals surface area contributed by atoms with Gasteiger partial charge in [-0.1, -0.05) is 79.1 Å². The third-order valence-corrected chi connectivity index (χ3v) is 3.32. The normalized spacial score (nSPS) is 15.2. The first-order valence-corrected chi connectivity index (χ1v) is 7.13. The van der Waals surface area contributed by atoms with Crippen LogP contribution in [0, 0.1) is 18.3 Å². The minimum absolute atomic E-state index is 0.878. The summed E-state index contributed by atoms with van der Waals surface area (Å²) in [6.07, 6.45) is 13.6. The van der Waals surface area contributed by atoms with E-state index < -0.39 is 0 Å². The second-order valence-corrected chi connectivity index (χ2v) is 4.84. The molecule has 0 aromatic heterocycles. The molecule has 0 saturated heterocycles. The maximum absolute atomic E-state index is 2.67. The second kappa shape index (κ2) is 10.5. The Kier molecular flexibility index (Phi) is 10.5. The van der Waals surface area contributed by atoms with Crippen molar-refractivity contribution in [2.24, 2.45) is 11.8 Å². The standard InChI is InChI=1S/C15H31/c1-5-9-12-15(11-7-3)13-14(8-4)10-6-2/h13-15H,5-12H2,1-4H3. The van der Waals surface area contributed by atoms with Crippen LogP contribution in [0.4, 0.5) is 0 Å². The fourth-order valence-electron chi connectivity index (χ4n) is 2.37. The summed E-state index contributed by atoms with van der Waals surface area (Å²) in [7, 11) is 0. The van der Waals surface area contributed by atoms with Gasteiger partial charge in [-0.2, -0.15) is 0 Å². The minimum Gasteiger partial charge on any atom is -0.0654 e. The molecule has 0 heterocycles. The molecule has 91 valence electrons. The van der Waals surface area contributed by atoms with Gasteiger partial charge in [0, 0.05) is 0 Å². The first-order chi connectivity index (χ1) is 7.28. The zero-order chi connectivity index (χ0) is 11.5. The molecule has 0 aliphatic carbocycles. The molecule has 0 amide bonds. The highest BCUT2D eigenvalue weighted by molar-refractivity contribution is 4.82. The van der Waals surface area contributed by atoms with Crippen LogP contribution in [0.5, 0.6) is 0 Å². The Balaban J connectivity index is 3.87. The largest absolute Gasteiger partial charge is 0.0654 e. The van der Waals surface area contributed by atoms with E-state index in [0.717, 1.165) is 11.8 Å². The quantitative estimate of drug-likeness (QED) is 0.440. The van der Waals surface area contributed by atoms with E-state index in [4.69, 9.17) is 0 Å². The number of rotatable bonds is 10. The second-order valence-electron chi connectivity index (χ2n) is 4.84. The smallest absolute Gasteiger partial charge is 0.0324 e. The molecule has 0 saturated carbocycles. The third kappa shape index (κ3) is 7.88. The summed E-state index contributed by atoms with van der Waals surface area (Å²) in [4.78, 5) is 0. The Hall–Kier alpha value is 0. The van der Waals surface area contributed by atoms with Crippen molar-refractivity contribution in [3.8, 4) is 0 Å². The van der Waals surface area contributed by atoms with Gasteiger partial charge in [0.15, 0.2) is 0 Å². The molecule has 2 unspecified atom stereocenters. The van der Waals surface area contributed by atoms with E-state index in [1.807, 2.05) is 0 Å². The molecule has 0 aromatic rings. The summed E-state index contributed by atoms with van der Waals surface area (Å²) in [5, 5.41) is 0. The number of hydrogen-bond donors (Lipinski definition) is 0. The highest BCUT2D eigenvalue weighted by Crippen LogP contribution is 2.26. The van der Waals surface area contributed by atoms with Gasteiger partial charge in [0.2, 0.25) is 0 Å². The van der Waals surface area contributed by atoms with Crippen LogP contribution in [-0.2, 0) is 0 Å². The van der Waals surface area contributed by atoms with Gasteiger partial charge in [-0.3, -0.25) is 0 Å². The summed E-state index contributed by atoms with van der Waals surface area (Å²) >= 11 is 0. The Labute approximate surface area is 97.8 Å². The third-order valence-electron chi connectivity index (χ3n) is 3.32. The molecular weight excluding hydrogens is 180 g/mol. The molecule has 0 nitrogen and oxygen atoms in total. The van der Waals surface area contributed by atoms with Crippen LogP contribution >= 0.6 is 0 Å². The van der Waals surface area contributed by atoms with Crippen molar-refractivity contribution < 1.29 is 0 Å². The van der Waals surface area contributed by atoms with E-state index in [9.17, 15) is 0 Å². The molecule has 0 fully saturated rings. The predicted octanol–water partition coefficient (Wildman–Crippen LogP) is 5.62. The Morgan fingerprint density at radius 1 is 0.733 bits per heavy atom. The van der Waals surface area contributed by atoms with Crippen LogP contribution in [0.3, 0.4) is 0 Å². The lowest BCUT2D eigenvalue weighted by atomic mass is 9.84. The van der Waals surface area contributed by atoms with Gasteiger partial charge in [0.1, 0.15) is 0 Å². The van der Waals surface area contributed by atoms with Crippen LogP contribution in [0.25, 0.3) is 0 Å². The first-order valence-electron chi connectivity index (χ1n) is 7.13. The van der Waals surface area contributed by atoms with Gasteiger partial charge in [-0.25, -0.2) is 0 Å². The zero-order valence-electron chi connectivity index (χ0n) is 11.4. The Morgan fingerprint density at radius 3 is 1.80 bits per heavy atom. The monoisotopic (exact) mass is 211 g/mol. The van der Waals surface area contributed by atoms with E-state index in [0.29, 0.717) is 0 Å². The van der Waals surface area contributed by atoms with E-state index in [1.54, 1.807) is 0 Å². The molecule has 0 N–H and O–H groups in total. The number of hydrogen-bond acceptors (Lipinski definition) is 0. The van der Waals surface area contributed by atoms with Gasteiger partial charge < -0.3 is 0 Å². The summed E-state index contributed by atoms with van der Waals surface area (Å²) < 4.78 is 0. The molecule has 0 spiro atoms. The van der Waals surface area contributed by atoms with Crippen molar-refractivity contribution in [3.05, 3.63) is 6.42 Å². The Bertz CT molecular complexity index is 117. The van der Waals surface area contributed by atoms with Crippen molar-refractivity contribution in [3.63, 3.8) is 0 Å². The number of unbranched alkanes of at least 4 members (excludes halogenated alkanes) is 1. The van der Waals surface area contributed by atoms with E-state index >= 15 is 0 Å². The van der Waals surface area contributed by atoms with E-state index in [1.165, 1.54) is 51.4 Å². The van der Waals surface area contributed by atoms with Crippen molar-refractivity contribution in [1.82, 2.24) is 0 Å². The molecule has 0 aromatic carbocycles. The average molecular weight is 211 g/mol. The predicted molar refractivity (Wildman–Crippen MR) is 70.9 cm³/mol. The van der Waals surface area contributed by atoms with Gasteiger partial charge in [0.25, 0.3) is 0 Å². The molecule has 2 atom stereocenters. The van der Waals surface area contributed by atoms with Crippen molar-refractivity contribution in [2.75, 3.05) is 0 Å². The molecule has 0 bridgehead atoms. The molecule has 0 aliphatic heterocycles. The molecule has 0 aliphatic rings. The SMILES string of the molecule is CCCCC([CH]C(CC)CCC)CCC. The van der Waals surface area contributed by atoms with Crippen LogP contribution < -0.4 is 0 Å². The fraction of sp³-hybridized carbons (Fsp3) is 0.933. The molecule has 15 heavy (non-hydrogen) atoms. The maximum atomic E-state index is 2.67. The van der Waals surface area contributed by atoms with Crippen molar-refractivity contribution in [2.45, 2.75) is 79.1 Å². The molecular formula is C15H31. The van der Waals surface area contributed by atoms with Crippen LogP contribution in [0.15, 0.2) is 0 Å². The Morgan fingerprint density at radius 2 is 1.33 bits per heavy atom. The van der Waals surface area contributed by atoms with E-state index in [-0.39, 0.29) is 0 Å². The highest BCUT2D eigenvalue weighted by Gasteiger charge is 2.13. The van der Waals surface area contributed by atoms with Gasteiger partial charge in [-0.15, -0.1) is 0 Å². The summed E-state index contributed by atoms with van der Waals surface area (Å²) in [6, 6.07) is 0. The van der Waals surface area contributed by atoms with Crippen molar-refractivity contribution >= 4 is 0 Å².